The monoisotopic (exact) mass is 344 g/mol. The van der Waals surface area contributed by atoms with Gasteiger partial charge in [-0.1, -0.05) is 20.8 Å². The second-order valence-electron chi connectivity index (χ2n) is 10.5. The Kier molecular flexibility index (Phi) is 3.33. The van der Waals surface area contributed by atoms with Crippen molar-refractivity contribution in [3.8, 4) is 0 Å². The molecule has 0 aromatic rings. The minimum Gasteiger partial charge on any atom is -0.462 e. The van der Waals surface area contributed by atoms with Gasteiger partial charge in [0, 0.05) is 18.8 Å². The van der Waals surface area contributed by atoms with Crippen LogP contribution in [0.3, 0.4) is 0 Å². The minimum absolute atomic E-state index is 0.0401. The molecule has 4 aliphatic carbocycles. The van der Waals surface area contributed by atoms with E-state index in [0.29, 0.717) is 29.0 Å². The van der Waals surface area contributed by atoms with Crippen molar-refractivity contribution in [3.05, 3.63) is 0 Å². The van der Waals surface area contributed by atoms with Crippen LogP contribution in [0.5, 0.6) is 0 Å². The Morgan fingerprint density at radius 1 is 1.00 bits per heavy atom. The molecule has 0 unspecified atom stereocenters. The highest BCUT2D eigenvalue weighted by atomic mass is 16.6. The fourth-order valence-corrected chi connectivity index (χ4v) is 8.49. The minimum atomic E-state index is 0.0401. The molecule has 1 aliphatic heterocycles. The van der Waals surface area contributed by atoms with Gasteiger partial charge in [-0.15, -0.1) is 0 Å². The lowest BCUT2D eigenvalue weighted by molar-refractivity contribution is -0.147. The smallest absolute Gasteiger partial charge is 0.309 e. The molecule has 0 bridgehead atoms. The molecule has 138 valence electrons. The molecule has 5 aliphatic rings. The Morgan fingerprint density at radius 2 is 1.80 bits per heavy atom. The summed E-state index contributed by atoms with van der Waals surface area (Å²) >= 11 is 0. The molecule has 4 saturated carbocycles. The van der Waals surface area contributed by atoms with Gasteiger partial charge in [0.25, 0.3) is 0 Å². The lowest BCUT2D eigenvalue weighted by atomic mass is 9.44. The van der Waals surface area contributed by atoms with Crippen molar-refractivity contribution in [2.75, 3.05) is 0 Å². The standard InChI is InChI=1S/C22H32O3/c1-12-19-18(25-20(12)24)11-17-15-5-4-13-10-14(23)6-8-21(13,2)16(15)7-9-22(17,19)3/h12-13,15-19H,4-11H2,1-3H3/t12-,13-,15+,16-,17-,18-,19-,21-,22-/m0/s1. The molecule has 0 spiro atoms. The van der Waals surface area contributed by atoms with E-state index in [1.54, 1.807) is 0 Å². The molecule has 3 nitrogen and oxygen atoms in total. The van der Waals surface area contributed by atoms with Gasteiger partial charge < -0.3 is 4.74 Å². The predicted molar refractivity (Wildman–Crippen MR) is 94.7 cm³/mol. The van der Waals surface area contributed by atoms with Gasteiger partial charge in [0.2, 0.25) is 0 Å². The van der Waals surface area contributed by atoms with Crippen LogP contribution in [0.25, 0.3) is 0 Å². The molecule has 0 amide bonds. The van der Waals surface area contributed by atoms with Crippen LogP contribution < -0.4 is 0 Å². The maximum atomic E-state index is 12.1. The van der Waals surface area contributed by atoms with Crippen LogP contribution in [-0.2, 0) is 14.3 Å². The van der Waals surface area contributed by atoms with Gasteiger partial charge in [0.15, 0.2) is 0 Å². The lowest BCUT2D eigenvalue weighted by Gasteiger charge is -2.60. The number of rotatable bonds is 0. The zero-order valence-corrected chi connectivity index (χ0v) is 15.9. The van der Waals surface area contributed by atoms with E-state index >= 15 is 0 Å². The number of esters is 1. The zero-order valence-electron chi connectivity index (χ0n) is 15.9. The second kappa shape index (κ2) is 5.10. The molecule has 1 heterocycles. The fourth-order valence-electron chi connectivity index (χ4n) is 8.49. The summed E-state index contributed by atoms with van der Waals surface area (Å²) in [6.45, 7) is 7.07. The molecule has 0 aromatic carbocycles. The molecule has 5 rings (SSSR count). The highest BCUT2D eigenvalue weighted by Crippen LogP contribution is 2.69. The Bertz CT molecular complexity index is 627. The van der Waals surface area contributed by atoms with Crippen molar-refractivity contribution < 1.29 is 14.3 Å². The summed E-state index contributed by atoms with van der Waals surface area (Å²) in [5, 5.41) is 0. The summed E-state index contributed by atoms with van der Waals surface area (Å²) in [6, 6.07) is 0. The number of Topliss-reactive ketones (excluding diaryl/α,β-unsaturated/α-hetero) is 1. The molecule has 0 aromatic heterocycles. The third-order valence-corrected chi connectivity index (χ3v) is 9.75. The highest BCUT2D eigenvalue weighted by Gasteiger charge is 2.66. The van der Waals surface area contributed by atoms with E-state index in [1.165, 1.54) is 25.7 Å². The third kappa shape index (κ3) is 1.99. The average molecular weight is 344 g/mol. The number of carbonyl (C=O) groups is 2. The number of hydrogen-bond acceptors (Lipinski definition) is 3. The van der Waals surface area contributed by atoms with Gasteiger partial charge in [0.1, 0.15) is 11.9 Å². The van der Waals surface area contributed by atoms with Crippen LogP contribution in [0.1, 0.15) is 72.1 Å². The summed E-state index contributed by atoms with van der Waals surface area (Å²) < 4.78 is 5.80. The van der Waals surface area contributed by atoms with Crippen molar-refractivity contribution in [1.29, 1.82) is 0 Å². The molecule has 5 fully saturated rings. The summed E-state index contributed by atoms with van der Waals surface area (Å²) in [7, 11) is 0. The van der Waals surface area contributed by atoms with Gasteiger partial charge in [-0.25, -0.2) is 0 Å². The molecule has 25 heavy (non-hydrogen) atoms. The number of hydrogen-bond donors (Lipinski definition) is 0. The molecule has 3 heteroatoms. The van der Waals surface area contributed by atoms with Crippen LogP contribution in [0.15, 0.2) is 0 Å². The number of ether oxygens (including phenoxy) is 1. The van der Waals surface area contributed by atoms with E-state index in [0.717, 1.165) is 37.5 Å². The molecule has 0 radical (unpaired) electrons. The molecule has 0 N–H and O–H groups in total. The quantitative estimate of drug-likeness (QED) is 0.612. The number of carbonyl (C=O) groups excluding carboxylic acids is 2. The number of fused-ring (bicyclic) bond motifs is 7. The maximum Gasteiger partial charge on any atom is 0.309 e. The molecular formula is C22H32O3. The Morgan fingerprint density at radius 3 is 2.60 bits per heavy atom. The lowest BCUT2D eigenvalue weighted by Crippen LogP contribution is -2.53. The topological polar surface area (TPSA) is 43.4 Å². The SMILES string of the molecule is C[C@@H]1C(=O)O[C@H]2C[C@H]3[C@@H]4CC[C@H]5CC(=O)CC[C@]5(C)[C@H]4CC[C@]3(C)[C@H]21. The van der Waals surface area contributed by atoms with Crippen molar-refractivity contribution in [1.82, 2.24) is 0 Å². The van der Waals surface area contributed by atoms with Gasteiger partial charge in [-0.2, -0.15) is 0 Å². The third-order valence-electron chi connectivity index (χ3n) is 9.75. The van der Waals surface area contributed by atoms with Crippen molar-refractivity contribution in [2.24, 2.45) is 46.3 Å². The van der Waals surface area contributed by atoms with Crippen molar-refractivity contribution in [2.45, 2.75) is 78.2 Å². The Labute approximate surface area is 151 Å². The highest BCUT2D eigenvalue weighted by molar-refractivity contribution is 5.79. The van der Waals surface area contributed by atoms with Gasteiger partial charge in [-0.3, -0.25) is 9.59 Å². The Hall–Kier alpha value is -0.860. The summed E-state index contributed by atoms with van der Waals surface area (Å²) in [6.07, 6.45) is 9.09. The summed E-state index contributed by atoms with van der Waals surface area (Å²) in [5.74, 6) is 3.95. The van der Waals surface area contributed by atoms with E-state index < -0.39 is 0 Å². The van der Waals surface area contributed by atoms with E-state index in [4.69, 9.17) is 4.74 Å². The van der Waals surface area contributed by atoms with Crippen LogP contribution in [0, 0.1) is 46.3 Å². The summed E-state index contributed by atoms with van der Waals surface area (Å²) in [4.78, 5) is 24.1. The average Bonchev–Trinajstić information content (AvgIpc) is 3.02. The molecule has 1 saturated heterocycles. The van der Waals surface area contributed by atoms with E-state index in [-0.39, 0.29) is 23.4 Å². The van der Waals surface area contributed by atoms with Crippen molar-refractivity contribution in [3.63, 3.8) is 0 Å². The maximum absolute atomic E-state index is 12.1. The van der Waals surface area contributed by atoms with Gasteiger partial charge in [0.05, 0.1) is 5.92 Å². The first kappa shape index (κ1) is 16.3. The van der Waals surface area contributed by atoms with Crippen molar-refractivity contribution >= 4 is 11.8 Å². The van der Waals surface area contributed by atoms with Crippen LogP contribution in [0.4, 0.5) is 0 Å². The largest absolute Gasteiger partial charge is 0.462 e. The van der Waals surface area contributed by atoms with Crippen LogP contribution in [-0.4, -0.2) is 17.9 Å². The van der Waals surface area contributed by atoms with E-state index in [1.807, 2.05) is 0 Å². The zero-order chi connectivity index (χ0) is 17.6. The van der Waals surface area contributed by atoms with Crippen LogP contribution in [0.2, 0.25) is 0 Å². The first-order valence-electron chi connectivity index (χ1n) is 10.6. The number of ketones is 1. The van der Waals surface area contributed by atoms with E-state index in [2.05, 4.69) is 20.8 Å². The van der Waals surface area contributed by atoms with E-state index in [9.17, 15) is 9.59 Å². The fraction of sp³-hybridized carbons (Fsp3) is 0.909. The van der Waals surface area contributed by atoms with Crippen LogP contribution >= 0.6 is 0 Å². The second-order valence-corrected chi connectivity index (χ2v) is 10.5. The van der Waals surface area contributed by atoms with Gasteiger partial charge in [-0.05, 0) is 73.0 Å². The predicted octanol–water partition coefficient (Wildman–Crippen LogP) is 4.39. The first-order chi connectivity index (χ1) is 11.8. The van der Waals surface area contributed by atoms with Gasteiger partial charge >= 0.3 is 5.97 Å². The summed E-state index contributed by atoms with van der Waals surface area (Å²) in [5.41, 5.74) is 0.656. The first-order valence-corrected chi connectivity index (χ1v) is 10.6. The molecule has 9 atom stereocenters. The molecular weight excluding hydrogens is 312 g/mol. The normalized spacial score (nSPS) is 57.3. The Balaban J connectivity index is 1.46.